The predicted octanol–water partition coefficient (Wildman–Crippen LogP) is 3.57. The molecule has 0 radical (unpaired) electrons. The number of benzene rings is 1. The van der Waals surface area contributed by atoms with E-state index in [2.05, 4.69) is 26.2 Å². The van der Waals surface area contributed by atoms with Gasteiger partial charge in [-0.05, 0) is 59.0 Å². The van der Waals surface area contributed by atoms with Gasteiger partial charge in [-0.15, -0.1) is 0 Å². The molecule has 1 unspecified atom stereocenters. The molecule has 1 aliphatic heterocycles. The molecule has 0 spiro atoms. The van der Waals surface area contributed by atoms with Gasteiger partial charge in [0.05, 0.1) is 12.3 Å². The molecule has 1 N–H and O–H groups in total. The maximum atomic E-state index is 12.7. The average Bonchev–Trinajstić information content (AvgIpc) is 2.65. The van der Waals surface area contributed by atoms with Crippen molar-refractivity contribution in [3.8, 4) is 0 Å². The highest BCUT2D eigenvalue weighted by atomic mass is 79.9. The smallest absolute Gasteiger partial charge is 0.230 e. The number of nitrogens with one attached hydrogen (secondary N) is 1. The highest BCUT2D eigenvalue weighted by molar-refractivity contribution is 9.10. The molecule has 0 aliphatic carbocycles. The zero-order valence-electron chi connectivity index (χ0n) is 14.7. The van der Waals surface area contributed by atoms with E-state index in [-0.39, 0.29) is 17.7 Å². The number of piperidine rings is 1. The Morgan fingerprint density at radius 2 is 2.08 bits per heavy atom. The summed E-state index contributed by atoms with van der Waals surface area (Å²) < 4.78 is 0.862. The summed E-state index contributed by atoms with van der Waals surface area (Å²) in [6.45, 7) is 3.19. The monoisotopic (exact) mass is 415 g/mol. The fraction of sp³-hybridized carbons (Fsp3) is 0.350. The van der Waals surface area contributed by atoms with Crippen LogP contribution in [-0.2, 0) is 16.0 Å². The van der Waals surface area contributed by atoms with Gasteiger partial charge in [0.1, 0.15) is 5.82 Å². The molecule has 2 amide bonds. The van der Waals surface area contributed by atoms with E-state index >= 15 is 0 Å². The van der Waals surface area contributed by atoms with E-state index in [4.69, 9.17) is 0 Å². The molecule has 1 fully saturated rings. The first kappa shape index (κ1) is 18.6. The maximum absolute atomic E-state index is 12.7. The first-order chi connectivity index (χ1) is 12.5. The number of hydrogen-bond donors (Lipinski definition) is 1. The van der Waals surface area contributed by atoms with E-state index in [1.165, 1.54) is 0 Å². The van der Waals surface area contributed by atoms with Gasteiger partial charge < -0.3 is 10.2 Å². The lowest BCUT2D eigenvalue weighted by molar-refractivity contribution is -0.133. The van der Waals surface area contributed by atoms with Gasteiger partial charge in [0, 0.05) is 23.8 Å². The molecule has 1 saturated heterocycles. The molecular formula is C20H22BrN3O2. The van der Waals surface area contributed by atoms with Crippen LogP contribution in [0.2, 0.25) is 0 Å². The number of carbonyl (C=O) groups is 2. The van der Waals surface area contributed by atoms with Crippen molar-refractivity contribution in [2.75, 3.05) is 18.4 Å². The topological polar surface area (TPSA) is 62.3 Å². The van der Waals surface area contributed by atoms with Gasteiger partial charge in [-0.1, -0.05) is 24.3 Å². The molecule has 1 aromatic heterocycles. The molecule has 5 nitrogen and oxygen atoms in total. The molecule has 0 saturated carbocycles. The third-order valence-electron chi connectivity index (χ3n) is 4.73. The number of pyridine rings is 1. The molecule has 136 valence electrons. The van der Waals surface area contributed by atoms with Crippen molar-refractivity contribution < 1.29 is 9.59 Å². The van der Waals surface area contributed by atoms with Crippen molar-refractivity contribution in [2.24, 2.45) is 5.92 Å². The molecule has 6 heteroatoms. The highest BCUT2D eigenvalue weighted by Gasteiger charge is 2.28. The second-order valence-corrected chi connectivity index (χ2v) is 7.55. The average molecular weight is 416 g/mol. The maximum Gasteiger partial charge on any atom is 0.230 e. The Kier molecular flexibility index (Phi) is 6.04. The number of carbonyl (C=O) groups excluding carboxylic acids is 2. The molecular weight excluding hydrogens is 394 g/mol. The summed E-state index contributed by atoms with van der Waals surface area (Å²) in [7, 11) is 0. The molecule has 2 heterocycles. The quantitative estimate of drug-likeness (QED) is 0.829. The lowest BCUT2D eigenvalue weighted by atomic mass is 9.96. The highest BCUT2D eigenvalue weighted by Crippen LogP contribution is 2.20. The van der Waals surface area contributed by atoms with E-state index < -0.39 is 0 Å². The molecule has 3 rings (SSSR count). The van der Waals surface area contributed by atoms with E-state index in [1.807, 2.05) is 42.2 Å². The van der Waals surface area contributed by atoms with Crippen molar-refractivity contribution in [1.29, 1.82) is 0 Å². The Bertz CT molecular complexity index is 792. The molecule has 0 bridgehead atoms. The van der Waals surface area contributed by atoms with Crippen LogP contribution in [0.25, 0.3) is 0 Å². The van der Waals surface area contributed by atoms with Crippen molar-refractivity contribution in [3.05, 3.63) is 58.2 Å². The predicted molar refractivity (Wildman–Crippen MR) is 105 cm³/mol. The third-order valence-corrected chi connectivity index (χ3v) is 5.20. The number of hydrogen-bond acceptors (Lipinski definition) is 3. The SMILES string of the molecule is Cc1ccccc1CC(=O)N1CCCC(C(=O)Nc2ccc(Br)cn2)C1. The number of likely N-dealkylation sites (tertiary alicyclic amines) is 1. The van der Waals surface area contributed by atoms with Gasteiger partial charge in [0.15, 0.2) is 0 Å². The fourth-order valence-corrected chi connectivity index (χ4v) is 3.41. The summed E-state index contributed by atoms with van der Waals surface area (Å²) in [6, 6.07) is 11.5. The number of halogens is 1. The third kappa shape index (κ3) is 4.69. The second-order valence-electron chi connectivity index (χ2n) is 6.63. The van der Waals surface area contributed by atoms with Crippen LogP contribution in [0.15, 0.2) is 47.1 Å². The normalized spacial score (nSPS) is 17.0. The molecule has 26 heavy (non-hydrogen) atoms. The van der Waals surface area contributed by atoms with Gasteiger partial charge in [-0.2, -0.15) is 0 Å². The first-order valence-corrected chi connectivity index (χ1v) is 9.57. The lowest BCUT2D eigenvalue weighted by Gasteiger charge is -2.32. The fourth-order valence-electron chi connectivity index (χ4n) is 3.18. The Morgan fingerprint density at radius 1 is 1.27 bits per heavy atom. The van der Waals surface area contributed by atoms with Crippen LogP contribution >= 0.6 is 15.9 Å². The Hall–Kier alpha value is -2.21. The number of anilines is 1. The van der Waals surface area contributed by atoms with Crippen molar-refractivity contribution in [2.45, 2.75) is 26.2 Å². The van der Waals surface area contributed by atoms with E-state index in [0.29, 0.717) is 25.3 Å². The lowest BCUT2D eigenvalue weighted by Crippen LogP contribution is -2.44. The van der Waals surface area contributed by atoms with Crippen LogP contribution in [0.3, 0.4) is 0 Å². The number of nitrogens with zero attached hydrogens (tertiary/aromatic N) is 2. The van der Waals surface area contributed by atoms with Crippen LogP contribution < -0.4 is 5.32 Å². The largest absolute Gasteiger partial charge is 0.342 e. The number of aryl methyl sites for hydroxylation is 1. The Labute approximate surface area is 161 Å². The zero-order valence-corrected chi connectivity index (χ0v) is 16.3. The minimum atomic E-state index is -0.199. The summed E-state index contributed by atoms with van der Waals surface area (Å²) in [6.07, 6.45) is 3.66. The summed E-state index contributed by atoms with van der Waals surface area (Å²) in [4.78, 5) is 31.2. The minimum absolute atomic E-state index is 0.0757. The standard InChI is InChI=1S/C20H22BrN3O2/c1-14-5-2-3-6-15(14)11-19(25)24-10-4-7-16(13-24)20(26)23-18-9-8-17(21)12-22-18/h2-3,5-6,8-9,12,16H,4,7,10-11,13H2,1H3,(H,22,23,26). The minimum Gasteiger partial charge on any atom is -0.342 e. The summed E-state index contributed by atoms with van der Waals surface area (Å²) in [5.74, 6) is 0.336. The van der Waals surface area contributed by atoms with E-state index in [0.717, 1.165) is 28.4 Å². The first-order valence-electron chi connectivity index (χ1n) is 8.77. The van der Waals surface area contributed by atoms with Crippen molar-refractivity contribution in [1.82, 2.24) is 9.88 Å². The number of amides is 2. The van der Waals surface area contributed by atoms with Crippen LogP contribution in [0.5, 0.6) is 0 Å². The molecule has 2 aromatic rings. The van der Waals surface area contributed by atoms with Crippen LogP contribution in [0, 0.1) is 12.8 Å². The van der Waals surface area contributed by atoms with E-state index in [1.54, 1.807) is 12.3 Å². The van der Waals surface area contributed by atoms with Gasteiger partial charge in [0.25, 0.3) is 0 Å². The van der Waals surface area contributed by atoms with Gasteiger partial charge >= 0.3 is 0 Å². The number of rotatable bonds is 4. The van der Waals surface area contributed by atoms with Crippen molar-refractivity contribution in [3.63, 3.8) is 0 Å². The Morgan fingerprint density at radius 3 is 2.81 bits per heavy atom. The Balaban J connectivity index is 1.59. The molecule has 1 atom stereocenters. The van der Waals surface area contributed by atoms with Crippen LogP contribution in [0.1, 0.15) is 24.0 Å². The van der Waals surface area contributed by atoms with Crippen LogP contribution in [0.4, 0.5) is 5.82 Å². The zero-order chi connectivity index (χ0) is 18.5. The van der Waals surface area contributed by atoms with E-state index in [9.17, 15) is 9.59 Å². The van der Waals surface area contributed by atoms with Gasteiger partial charge in [-0.3, -0.25) is 9.59 Å². The second kappa shape index (κ2) is 8.45. The molecule has 1 aliphatic rings. The summed E-state index contributed by atoms with van der Waals surface area (Å²) in [5.41, 5.74) is 2.16. The summed E-state index contributed by atoms with van der Waals surface area (Å²) in [5, 5.41) is 2.85. The number of aromatic nitrogens is 1. The van der Waals surface area contributed by atoms with Gasteiger partial charge in [0.2, 0.25) is 11.8 Å². The summed E-state index contributed by atoms with van der Waals surface area (Å²) >= 11 is 3.32. The molecule has 1 aromatic carbocycles. The van der Waals surface area contributed by atoms with Gasteiger partial charge in [-0.25, -0.2) is 4.98 Å². The van der Waals surface area contributed by atoms with Crippen molar-refractivity contribution >= 4 is 33.6 Å². The van der Waals surface area contributed by atoms with Crippen LogP contribution in [-0.4, -0.2) is 34.8 Å².